The molecule has 1 heterocycles. The van der Waals surface area contributed by atoms with Crippen molar-refractivity contribution in [1.82, 2.24) is 10.2 Å². The van der Waals surface area contributed by atoms with Gasteiger partial charge in [-0.15, -0.1) is 0 Å². The maximum atomic E-state index is 4.81. The van der Waals surface area contributed by atoms with Gasteiger partial charge in [0.2, 0.25) is 0 Å². The summed E-state index contributed by atoms with van der Waals surface area (Å²) >= 11 is 1.92. The van der Waals surface area contributed by atoms with E-state index in [1.165, 1.54) is 24.3 Å². The molecule has 1 aromatic carbocycles. The number of nitrogens with one attached hydrogen (secondary N) is 1. The lowest BCUT2D eigenvalue weighted by Crippen LogP contribution is -2.52. The second kappa shape index (κ2) is 10.4. The summed E-state index contributed by atoms with van der Waals surface area (Å²) < 4.78 is 0. The van der Waals surface area contributed by atoms with Gasteiger partial charge in [0.05, 0.1) is 0 Å². The Labute approximate surface area is 145 Å². The Kier molecular flexibility index (Phi) is 8.15. The highest BCUT2D eigenvalue weighted by atomic mass is 32.2. The first-order valence-corrected chi connectivity index (χ1v) is 10.1. The molecule has 128 valence electrons. The summed E-state index contributed by atoms with van der Waals surface area (Å²) in [5.41, 5.74) is 1.33. The van der Waals surface area contributed by atoms with Crippen LogP contribution in [-0.2, 0) is 0 Å². The number of para-hydroxylation sites is 1. The summed E-state index contributed by atoms with van der Waals surface area (Å²) in [7, 11) is 0. The van der Waals surface area contributed by atoms with Gasteiger partial charge < -0.3 is 15.1 Å². The van der Waals surface area contributed by atoms with Crippen LogP contribution in [0, 0.1) is 0 Å². The molecular weight excluding hydrogens is 304 g/mol. The lowest BCUT2D eigenvalue weighted by molar-refractivity contribution is 0.372. The molecule has 0 radical (unpaired) electrons. The van der Waals surface area contributed by atoms with Gasteiger partial charge in [0, 0.05) is 45.0 Å². The van der Waals surface area contributed by atoms with Gasteiger partial charge in [-0.1, -0.05) is 18.2 Å². The molecule has 1 fully saturated rings. The Hall–Kier alpha value is -1.36. The summed E-state index contributed by atoms with van der Waals surface area (Å²) in [5.74, 6) is 2.33. The molecule has 0 unspecified atom stereocenters. The largest absolute Gasteiger partial charge is 0.368 e. The van der Waals surface area contributed by atoms with Crippen molar-refractivity contribution in [3.8, 4) is 0 Å². The molecule has 0 saturated carbocycles. The number of piperazine rings is 1. The van der Waals surface area contributed by atoms with Crippen LogP contribution < -0.4 is 10.2 Å². The highest BCUT2D eigenvalue weighted by molar-refractivity contribution is 7.98. The van der Waals surface area contributed by atoms with Gasteiger partial charge in [0.15, 0.2) is 5.96 Å². The van der Waals surface area contributed by atoms with Gasteiger partial charge in [-0.25, -0.2) is 0 Å². The Morgan fingerprint density at radius 1 is 1.13 bits per heavy atom. The van der Waals surface area contributed by atoms with Crippen LogP contribution in [-0.4, -0.2) is 62.1 Å². The van der Waals surface area contributed by atoms with E-state index in [4.69, 9.17) is 4.99 Å². The minimum atomic E-state index is 0.932. The van der Waals surface area contributed by atoms with E-state index in [1.54, 1.807) is 0 Å². The van der Waals surface area contributed by atoms with Gasteiger partial charge >= 0.3 is 0 Å². The van der Waals surface area contributed by atoms with Crippen LogP contribution in [0.25, 0.3) is 0 Å². The standard InChI is InChI=1S/C18H30N4S/c1-3-19-18(20-11-7-8-16-23-2)22-14-12-21(13-15-22)17-9-5-4-6-10-17/h4-6,9-10H,3,7-8,11-16H2,1-2H3,(H,19,20). The van der Waals surface area contributed by atoms with Crippen molar-refractivity contribution in [2.24, 2.45) is 4.99 Å². The van der Waals surface area contributed by atoms with E-state index >= 15 is 0 Å². The van der Waals surface area contributed by atoms with E-state index in [-0.39, 0.29) is 0 Å². The summed E-state index contributed by atoms with van der Waals surface area (Å²) in [6, 6.07) is 10.7. The van der Waals surface area contributed by atoms with E-state index < -0.39 is 0 Å². The van der Waals surface area contributed by atoms with Crippen LogP contribution in [0.1, 0.15) is 19.8 Å². The predicted molar refractivity (Wildman–Crippen MR) is 104 cm³/mol. The predicted octanol–water partition coefficient (Wildman–Crippen LogP) is 2.92. The SMILES string of the molecule is CCNC(=NCCCCSC)N1CCN(c2ccccc2)CC1. The zero-order valence-electron chi connectivity index (χ0n) is 14.5. The number of rotatable bonds is 7. The zero-order valence-corrected chi connectivity index (χ0v) is 15.3. The lowest BCUT2D eigenvalue weighted by Gasteiger charge is -2.37. The van der Waals surface area contributed by atoms with Crippen molar-refractivity contribution >= 4 is 23.4 Å². The van der Waals surface area contributed by atoms with Crippen LogP contribution >= 0.6 is 11.8 Å². The summed E-state index contributed by atoms with van der Waals surface area (Å²) in [6.45, 7) is 8.19. The Morgan fingerprint density at radius 2 is 1.87 bits per heavy atom. The molecule has 23 heavy (non-hydrogen) atoms. The van der Waals surface area contributed by atoms with E-state index in [2.05, 4.69) is 58.6 Å². The first-order valence-electron chi connectivity index (χ1n) is 8.67. The maximum absolute atomic E-state index is 4.81. The van der Waals surface area contributed by atoms with Crippen molar-refractivity contribution in [2.75, 3.05) is 56.2 Å². The van der Waals surface area contributed by atoms with E-state index in [0.717, 1.165) is 45.2 Å². The average molecular weight is 335 g/mol. The third kappa shape index (κ3) is 5.98. The van der Waals surface area contributed by atoms with Crippen LogP contribution in [0.4, 0.5) is 5.69 Å². The molecule has 1 saturated heterocycles. The molecule has 1 aliphatic rings. The highest BCUT2D eigenvalue weighted by Crippen LogP contribution is 2.15. The number of thioether (sulfide) groups is 1. The van der Waals surface area contributed by atoms with Crippen molar-refractivity contribution in [2.45, 2.75) is 19.8 Å². The topological polar surface area (TPSA) is 30.9 Å². The average Bonchev–Trinajstić information content (AvgIpc) is 2.61. The highest BCUT2D eigenvalue weighted by Gasteiger charge is 2.19. The minimum Gasteiger partial charge on any atom is -0.368 e. The van der Waals surface area contributed by atoms with Gasteiger partial charge in [-0.3, -0.25) is 4.99 Å². The third-order valence-corrected chi connectivity index (χ3v) is 4.75. The molecule has 5 heteroatoms. The fraction of sp³-hybridized carbons (Fsp3) is 0.611. The second-order valence-electron chi connectivity index (χ2n) is 5.75. The fourth-order valence-corrected chi connectivity index (χ4v) is 3.28. The molecule has 0 spiro atoms. The minimum absolute atomic E-state index is 0.932. The number of unbranched alkanes of at least 4 members (excludes halogenated alkanes) is 1. The van der Waals surface area contributed by atoms with Crippen molar-refractivity contribution in [3.63, 3.8) is 0 Å². The molecule has 0 atom stereocenters. The first-order chi connectivity index (χ1) is 11.3. The van der Waals surface area contributed by atoms with Crippen LogP contribution in [0.5, 0.6) is 0 Å². The second-order valence-corrected chi connectivity index (χ2v) is 6.73. The Bertz CT molecular complexity index is 455. The third-order valence-electron chi connectivity index (χ3n) is 4.05. The first kappa shape index (κ1) is 18.0. The summed E-state index contributed by atoms with van der Waals surface area (Å²) in [6.07, 6.45) is 4.60. The number of guanidine groups is 1. The van der Waals surface area contributed by atoms with Crippen LogP contribution in [0.3, 0.4) is 0 Å². The van der Waals surface area contributed by atoms with Gasteiger partial charge in [-0.2, -0.15) is 11.8 Å². The Morgan fingerprint density at radius 3 is 2.52 bits per heavy atom. The molecule has 0 bridgehead atoms. The molecule has 1 N–H and O–H groups in total. The molecule has 0 amide bonds. The molecule has 0 aliphatic carbocycles. The number of hydrogen-bond acceptors (Lipinski definition) is 3. The van der Waals surface area contributed by atoms with Crippen molar-refractivity contribution in [3.05, 3.63) is 30.3 Å². The van der Waals surface area contributed by atoms with Crippen LogP contribution in [0.2, 0.25) is 0 Å². The summed E-state index contributed by atoms with van der Waals surface area (Å²) in [5, 5.41) is 3.45. The van der Waals surface area contributed by atoms with Gasteiger partial charge in [0.1, 0.15) is 0 Å². The molecule has 2 rings (SSSR count). The molecule has 1 aromatic rings. The number of aliphatic imine (C=N–C) groups is 1. The number of anilines is 1. The number of hydrogen-bond donors (Lipinski definition) is 1. The van der Waals surface area contributed by atoms with E-state index in [9.17, 15) is 0 Å². The molecule has 0 aromatic heterocycles. The monoisotopic (exact) mass is 334 g/mol. The summed E-state index contributed by atoms with van der Waals surface area (Å²) in [4.78, 5) is 9.67. The van der Waals surface area contributed by atoms with E-state index in [1.807, 2.05) is 11.8 Å². The van der Waals surface area contributed by atoms with Crippen molar-refractivity contribution in [1.29, 1.82) is 0 Å². The fourth-order valence-electron chi connectivity index (χ4n) is 2.78. The Balaban J connectivity index is 1.83. The smallest absolute Gasteiger partial charge is 0.194 e. The normalized spacial score (nSPS) is 15.8. The van der Waals surface area contributed by atoms with Crippen LogP contribution in [0.15, 0.2) is 35.3 Å². The maximum Gasteiger partial charge on any atom is 0.194 e. The molecule has 1 aliphatic heterocycles. The number of nitrogens with zero attached hydrogens (tertiary/aromatic N) is 3. The zero-order chi connectivity index (χ0) is 16.3. The number of benzene rings is 1. The molecule has 4 nitrogen and oxygen atoms in total. The van der Waals surface area contributed by atoms with Gasteiger partial charge in [-0.05, 0) is 43.9 Å². The van der Waals surface area contributed by atoms with Gasteiger partial charge in [0.25, 0.3) is 0 Å². The van der Waals surface area contributed by atoms with E-state index in [0.29, 0.717) is 0 Å². The molecular formula is C18H30N4S. The lowest BCUT2D eigenvalue weighted by atomic mass is 10.2. The van der Waals surface area contributed by atoms with Crippen molar-refractivity contribution < 1.29 is 0 Å². The quantitative estimate of drug-likeness (QED) is 0.472.